The SMILES string of the molecule is COc1cccc(CNCc2cc(Br)cs2)n1. The number of nitrogens with one attached hydrogen (secondary N) is 1. The van der Waals surface area contributed by atoms with Gasteiger partial charge in [0.15, 0.2) is 0 Å². The van der Waals surface area contributed by atoms with Crippen LogP contribution in [0.2, 0.25) is 0 Å². The smallest absolute Gasteiger partial charge is 0.213 e. The predicted octanol–water partition coefficient (Wildman–Crippen LogP) is 3.20. The second-order valence-electron chi connectivity index (χ2n) is 3.51. The zero-order valence-corrected chi connectivity index (χ0v) is 11.8. The van der Waals surface area contributed by atoms with Gasteiger partial charge in [0.25, 0.3) is 0 Å². The van der Waals surface area contributed by atoms with Crippen molar-refractivity contribution in [2.24, 2.45) is 0 Å². The molecule has 0 amide bonds. The van der Waals surface area contributed by atoms with Gasteiger partial charge < -0.3 is 10.1 Å². The number of methoxy groups -OCH3 is 1. The van der Waals surface area contributed by atoms with Gasteiger partial charge in [-0.25, -0.2) is 4.98 Å². The van der Waals surface area contributed by atoms with Crippen molar-refractivity contribution in [1.82, 2.24) is 10.3 Å². The van der Waals surface area contributed by atoms with Gasteiger partial charge in [-0.15, -0.1) is 11.3 Å². The molecular formula is C12H13BrN2OS. The number of thiophene rings is 1. The summed E-state index contributed by atoms with van der Waals surface area (Å²) < 4.78 is 6.22. The molecule has 0 fully saturated rings. The Morgan fingerprint density at radius 3 is 3.00 bits per heavy atom. The van der Waals surface area contributed by atoms with Crippen molar-refractivity contribution in [1.29, 1.82) is 0 Å². The van der Waals surface area contributed by atoms with E-state index in [-0.39, 0.29) is 0 Å². The molecule has 90 valence electrons. The van der Waals surface area contributed by atoms with Crippen LogP contribution in [0, 0.1) is 0 Å². The lowest BCUT2D eigenvalue weighted by atomic mass is 10.3. The first-order chi connectivity index (χ1) is 8.28. The molecule has 2 rings (SSSR count). The minimum absolute atomic E-state index is 0.656. The lowest BCUT2D eigenvalue weighted by Gasteiger charge is -2.04. The highest BCUT2D eigenvalue weighted by atomic mass is 79.9. The van der Waals surface area contributed by atoms with Gasteiger partial charge in [-0.2, -0.15) is 0 Å². The first-order valence-corrected chi connectivity index (χ1v) is 6.89. The Kier molecular flexibility index (Phi) is 4.53. The van der Waals surface area contributed by atoms with Crippen LogP contribution in [-0.2, 0) is 13.1 Å². The Balaban J connectivity index is 1.85. The molecule has 5 heteroatoms. The molecule has 0 radical (unpaired) electrons. The molecule has 1 N–H and O–H groups in total. The minimum Gasteiger partial charge on any atom is -0.481 e. The number of ether oxygens (including phenoxy) is 1. The first kappa shape index (κ1) is 12.5. The number of rotatable bonds is 5. The summed E-state index contributed by atoms with van der Waals surface area (Å²) in [5.74, 6) is 0.656. The largest absolute Gasteiger partial charge is 0.481 e. The molecule has 17 heavy (non-hydrogen) atoms. The lowest BCUT2D eigenvalue weighted by molar-refractivity contribution is 0.395. The van der Waals surface area contributed by atoms with E-state index in [4.69, 9.17) is 4.74 Å². The average Bonchev–Trinajstić information content (AvgIpc) is 2.75. The maximum absolute atomic E-state index is 5.08. The van der Waals surface area contributed by atoms with Crippen molar-refractivity contribution < 1.29 is 4.74 Å². The molecule has 2 heterocycles. The van der Waals surface area contributed by atoms with E-state index in [1.807, 2.05) is 18.2 Å². The molecule has 0 aliphatic heterocycles. The molecule has 0 spiro atoms. The molecule has 2 aromatic rings. The van der Waals surface area contributed by atoms with Crippen LogP contribution < -0.4 is 10.1 Å². The fourth-order valence-corrected chi connectivity index (χ4v) is 2.85. The van der Waals surface area contributed by atoms with Crippen LogP contribution in [0.5, 0.6) is 5.88 Å². The van der Waals surface area contributed by atoms with Gasteiger partial charge >= 0.3 is 0 Å². The quantitative estimate of drug-likeness (QED) is 0.920. The van der Waals surface area contributed by atoms with E-state index in [0.29, 0.717) is 5.88 Å². The summed E-state index contributed by atoms with van der Waals surface area (Å²) in [6.07, 6.45) is 0. The Labute approximate surface area is 113 Å². The van der Waals surface area contributed by atoms with Gasteiger partial charge in [-0.1, -0.05) is 6.07 Å². The second kappa shape index (κ2) is 6.14. The monoisotopic (exact) mass is 312 g/mol. The number of pyridine rings is 1. The molecule has 2 aromatic heterocycles. The van der Waals surface area contributed by atoms with Crippen molar-refractivity contribution in [2.75, 3.05) is 7.11 Å². The van der Waals surface area contributed by atoms with Crippen LogP contribution in [-0.4, -0.2) is 12.1 Å². The molecule has 0 saturated carbocycles. The third-order valence-electron chi connectivity index (χ3n) is 2.22. The third kappa shape index (κ3) is 3.80. The van der Waals surface area contributed by atoms with Gasteiger partial charge in [-0.3, -0.25) is 0 Å². The third-order valence-corrected chi connectivity index (χ3v) is 3.92. The van der Waals surface area contributed by atoms with Crippen molar-refractivity contribution in [3.8, 4) is 5.88 Å². The molecule has 0 bridgehead atoms. The summed E-state index contributed by atoms with van der Waals surface area (Å²) in [6, 6.07) is 7.90. The van der Waals surface area contributed by atoms with E-state index >= 15 is 0 Å². The molecule has 0 saturated heterocycles. The summed E-state index contributed by atoms with van der Waals surface area (Å²) >= 11 is 5.18. The molecule has 0 atom stereocenters. The van der Waals surface area contributed by atoms with Gasteiger partial charge in [0, 0.05) is 33.9 Å². The summed E-state index contributed by atoms with van der Waals surface area (Å²) in [6.45, 7) is 1.60. The minimum atomic E-state index is 0.656. The van der Waals surface area contributed by atoms with Gasteiger partial charge in [0.2, 0.25) is 5.88 Å². The number of hydrogen-bond donors (Lipinski definition) is 1. The highest BCUT2D eigenvalue weighted by molar-refractivity contribution is 9.10. The van der Waals surface area contributed by atoms with Crippen LogP contribution in [0.15, 0.2) is 34.1 Å². The number of halogens is 1. The predicted molar refractivity (Wildman–Crippen MR) is 73.4 cm³/mol. The van der Waals surface area contributed by atoms with Crippen LogP contribution in [0.25, 0.3) is 0 Å². The van der Waals surface area contributed by atoms with Crippen molar-refractivity contribution in [3.63, 3.8) is 0 Å². The number of nitrogens with zero attached hydrogens (tertiary/aromatic N) is 1. The summed E-state index contributed by atoms with van der Waals surface area (Å²) in [5.41, 5.74) is 0.986. The fourth-order valence-electron chi connectivity index (χ4n) is 1.43. The highest BCUT2D eigenvalue weighted by Gasteiger charge is 1.99. The Hall–Kier alpha value is -0.910. The molecule has 0 aliphatic rings. The van der Waals surface area contributed by atoms with Gasteiger partial charge in [0.1, 0.15) is 0 Å². The highest BCUT2D eigenvalue weighted by Crippen LogP contribution is 2.19. The lowest BCUT2D eigenvalue weighted by Crippen LogP contribution is -2.12. The van der Waals surface area contributed by atoms with Crippen LogP contribution in [0.4, 0.5) is 0 Å². The molecule has 0 aliphatic carbocycles. The van der Waals surface area contributed by atoms with Gasteiger partial charge in [-0.05, 0) is 28.1 Å². The maximum atomic E-state index is 5.08. The Bertz CT molecular complexity index is 487. The second-order valence-corrected chi connectivity index (χ2v) is 5.42. The number of hydrogen-bond acceptors (Lipinski definition) is 4. The Morgan fingerprint density at radius 1 is 1.41 bits per heavy atom. The van der Waals surface area contributed by atoms with E-state index in [9.17, 15) is 0 Å². The average molecular weight is 313 g/mol. The van der Waals surface area contributed by atoms with E-state index in [1.165, 1.54) is 4.88 Å². The summed E-state index contributed by atoms with van der Waals surface area (Å²) in [7, 11) is 1.63. The molecule has 3 nitrogen and oxygen atoms in total. The maximum Gasteiger partial charge on any atom is 0.213 e. The zero-order valence-electron chi connectivity index (χ0n) is 9.44. The fraction of sp³-hybridized carbons (Fsp3) is 0.250. The first-order valence-electron chi connectivity index (χ1n) is 5.21. The summed E-state index contributed by atoms with van der Waals surface area (Å²) in [5, 5.41) is 5.44. The standard InChI is InChI=1S/C12H13BrN2OS/c1-16-12-4-2-3-10(15-12)6-14-7-11-5-9(13)8-17-11/h2-5,8,14H,6-7H2,1H3. The van der Waals surface area contributed by atoms with E-state index in [2.05, 4.69) is 37.7 Å². The van der Waals surface area contributed by atoms with E-state index in [0.717, 1.165) is 23.3 Å². The summed E-state index contributed by atoms with van der Waals surface area (Å²) in [4.78, 5) is 5.64. The van der Waals surface area contributed by atoms with Gasteiger partial charge in [0.05, 0.1) is 12.8 Å². The Morgan fingerprint density at radius 2 is 2.29 bits per heavy atom. The molecule has 0 unspecified atom stereocenters. The van der Waals surface area contributed by atoms with Crippen molar-refractivity contribution in [3.05, 3.63) is 44.7 Å². The molecular weight excluding hydrogens is 300 g/mol. The zero-order chi connectivity index (χ0) is 12.1. The van der Waals surface area contributed by atoms with Crippen LogP contribution >= 0.6 is 27.3 Å². The van der Waals surface area contributed by atoms with Crippen molar-refractivity contribution >= 4 is 27.3 Å². The van der Waals surface area contributed by atoms with Crippen LogP contribution in [0.3, 0.4) is 0 Å². The molecule has 0 aromatic carbocycles. The van der Waals surface area contributed by atoms with E-state index < -0.39 is 0 Å². The van der Waals surface area contributed by atoms with Crippen molar-refractivity contribution in [2.45, 2.75) is 13.1 Å². The van der Waals surface area contributed by atoms with E-state index in [1.54, 1.807) is 18.4 Å². The van der Waals surface area contributed by atoms with Crippen LogP contribution in [0.1, 0.15) is 10.6 Å². The topological polar surface area (TPSA) is 34.1 Å². The normalized spacial score (nSPS) is 10.5. The number of aromatic nitrogens is 1.